The number of hydrogen-bond donors (Lipinski definition) is 1. The first-order chi connectivity index (χ1) is 11.7. The lowest BCUT2D eigenvalue weighted by Crippen LogP contribution is -2.31. The van der Waals surface area contributed by atoms with E-state index in [0.29, 0.717) is 19.1 Å². The maximum atomic E-state index is 4.15. The molecule has 6 nitrogen and oxygen atoms in total. The fraction of sp³-hybridized carbons (Fsp3) is 0.353. The van der Waals surface area contributed by atoms with Gasteiger partial charge >= 0.3 is 0 Å². The fourth-order valence-corrected chi connectivity index (χ4v) is 3.49. The quantitative estimate of drug-likeness (QED) is 0.680. The van der Waals surface area contributed by atoms with Gasteiger partial charge in [-0.25, -0.2) is 4.68 Å². The molecule has 0 amide bonds. The summed E-state index contributed by atoms with van der Waals surface area (Å²) in [5.41, 5.74) is 1.19. The Morgan fingerprint density at radius 3 is 2.71 bits per heavy atom. The number of likely N-dealkylation sites (N-methyl/N-ethyl adjacent to an activating group) is 1. The molecule has 1 N–H and O–H groups in total. The zero-order valence-corrected chi connectivity index (χ0v) is 14.8. The second kappa shape index (κ2) is 8.14. The normalized spacial score (nSPS) is 12.6. The van der Waals surface area contributed by atoms with Gasteiger partial charge in [0.1, 0.15) is 0 Å². The van der Waals surface area contributed by atoms with E-state index in [9.17, 15) is 0 Å². The van der Waals surface area contributed by atoms with Crippen molar-refractivity contribution in [3.05, 3.63) is 64.1 Å². The third-order valence-electron chi connectivity index (χ3n) is 3.90. The lowest BCUT2D eigenvalue weighted by Gasteiger charge is -2.23. The van der Waals surface area contributed by atoms with Crippen molar-refractivity contribution < 1.29 is 0 Å². The van der Waals surface area contributed by atoms with Gasteiger partial charge in [-0.3, -0.25) is 0 Å². The first-order valence-electron chi connectivity index (χ1n) is 7.93. The van der Waals surface area contributed by atoms with Crippen LogP contribution in [-0.2, 0) is 13.1 Å². The highest BCUT2D eigenvalue weighted by molar-refractivity contribution is 7.10. The first kappa shape index (κ1) is 16.8. The largest absolute Gasteiger partial charge is 0.308 e. The molecule has 3 rings (SSSR count). The minimum atomic E-state index is 0.350. The van der Waals surface area contributed by atoms with Crippen molar-refractivity contribution in [2.45, 2.75) is 19.1 Å². The van der Waals surface area contributed by atoms with Gasteiger partial charge in [0, 0.05) is 11.4 Å². The van der Waals surface area contributed by atoms with Crippen LogP contribution in [-0.4, -0.2) is 45.7 Å². The number of tetrazole rings is 1. The third kappa shape index (κ3) is 4.25. The topological polar surface area (TPSA) is 58.9 Å². The number of nitrogens with zero attached hydrogens (tertiary/aromatic N) is 5. The minimum absolute atomic E-state index is 0.350. The van der Waals surface area contributed by atoms with Gasteiger partial charge in [0.2, 0.25) is 0 Å². The van der Waals surface area contributed by atoms with Gasteiger partial charge in [-0.1, -0.05) is 36.4 Å². The SMILES string of the molecule is CN(C)[C@H](CNCc1nnnn1Cc1ccccc1)c1cccs1. The molecule has 0 saturated carbocycles. The molecule has 0 aliphatic carbocycles. The summed E-state index contributed by atoms with van der Waals surface area (Å²) in [7, 11) is 4.21. The van der Waals surface area contributed by atoms with E-state index < -0.39 is 0 Å². The molecule has 7 heteroatoms. The summed E-state index contributed by atoms with van der Waals surface area (Å²) < 4.78 is 1.85. The average Bonchev–Trinajstić information content (AvgIpc) is 3.24. The van der Waals surface area contributed by atoms with Gasteiger partial charge in [-0.15, -0.1) is 16.4 Å². The molecule has 2 heterocycles. The Morgan fingerprint density at radius 2 is 2.00 bits per heavy atom. The Labute approximate surface area is 146 Å². The predicted molar refractivity (Wildman–Crippen MR) is 95.8 cm³/mol. The van der Waals surface area contributed by atoms with E-state index in [-0.39, 0.29) is 0 Å². The van der Waals surface area contributed by atoms with E-state index >= 15 is 0 Å². The molecule has 24 heavy (non-hydrogen) atoms. The molecule has 126 valence electrons. The van der Waals surface area contributed by atoms with E-state index in [0.717, 1.165) is 12.4 Å². The molecule has 0 unspecified atom stereocenters. The highest BCUT2D eigenvalue weighted by Gasteiger charge is 2.15. The number of rotatable bonds is 8. The molecule has 2 aromatic heterocycles. The molecule has 3 aromatic rings. The van der Waals surface area contributed by atoms with Gasteiger partial charge in [-0.05, 0) is 41.5 Å². The van der Waals surface area contributed by atoms with Crippen molar-refractivity contribution in [2.24, 2.45) is 0 Å². The van der Waals surface area contributed by atoms with Gasteiger partial charge in [-0.2, -0.15) is 0 Å². The zero-order chi connectivity index (χ0) is 16.8. The van der Waals surface area contributed by atoms with E-state index in [4.69, 9.17) is 0 Å². The summed E-state index contributed by atoms with van der Waals surface area (Å²) in [6.07, 6.45) is 0. The van der Waals surface area contributed by atoms with E-state index in [1.54, 1.807) is 11.3 Å². The number of thiophene rings is 1. The highest BCUT2D eigenvalue weighted by atomic mass is 32.1. The van der Waals surface area contributed by atoms with Crippen molar-refractivity contribution >= 4 is 11.3 Å². The molecular weight excluding hydrogens is 320 g/mol. The van der Waals surface area contributed by atoms with Crippen molar-refractivity contribution in [1.29, 1.82) is 0 Å². The maximum Gasteiger partial charge on any atom is 0.165 e. The third-order valence-corrected chi connectivity index (χ3v) is 4.87. The van der Waals surface area contributed by atoms with Crippen LogP contribution in [0.4, 0.5) is 0 Å². The smallest absolute Gasteiger partial charge is 0.165 e. The molecule has 1 aromatic carbocycles. The molecule has 0 spiro atoms. The zero-order valence-electron chi connectivity index (χ0n) is 14.0. The number of hydrogen-bond acceptors (Lipinski definition) is 6. The standard InChI is InChI=1S/C17H22N6S/c1-22(2)15(16-9-6-10-24-16)11-18-12-17-19-20-21-23(17)13-14-7-4-3-5-8-14/h3-10,15,18H,11-13H2,1-2H3/t15-/m1/s1. The molecule has 0 aliphatic heterocycles. The summed E-state index contributed by atoms with van der Waals surface area (Å²) in [6, 6.07) is 14.9. The Hall–Kier alpha value is -2.09. The van der Waals surface area contributed by atoms with E-state index in [1.807, 2.05) is 22.9 Å². The summed E-state index contributed by atoms with van der Waals surface area (Å²) in [4.78, 5) is 3.59. The highest BCUT2D eigenvalue weighted by Crippen LogP contribution is 2.22. The van der Waals surface area contributed by atoms with Crippen LogP contribution in [0.5, 0.6) is 0 Å². The average molecular weight is 342 g/mol. The van der Waals surface area contributed by atoms with Crippen molar-refractivity contribution in [1.82, 2.24) is 30.4 Å². The van der Waals surface area contributed by atoms with E-state index in [1.165, 1.54) is 10.4 Å². The van der Waals surface area contributed by atoms with Crippen molar-refractivity contribution in [3.63, 3.8) is 0 Å². The van der Waals surface area contributed by atoms with Crippen molar-refractivity contribution in [2.75, 3.05) is 20.6 Å². The summed E-state index contributed by atoms with van der Waals surface area (Å²) in [5, 5.41) is 17.7. The molecular formula is C17H22N6S. The summed E-state index contributed by atoms with van der Waals surface area (Å²) >= 11 is 1.79. The van der Waals surface area contributed by atoms with Crippen LogP contribution in [0.1, 0.15) is 22.3 Å². The van der Waals surface area contributed by atoms with Crippen LogP contribution in [0.3, 0.4) is 0 Å². The van der Waals surface area contributed by atoms with Gasteiger partial charge in [0.25, 0.3) is 0 Å². The fourth-order valence-electron chi connectivity index (χ4n) is 2.57. The number of nitrogens with one attached hydrogen (secondary N) is 1. The second-order valence-electron chi connectivity index (χ2n) is 5.86. The monoisotopic (exact) mass is 342 g/mol. The first-order valence-corrected chi connectivity index (χ1v) is 8.81. The molecule has 0 aliphatic rings. The molecule has 1 atom stereocenters. The van der Waals surface area contributed by atoms with Crippen LogP contribution in [0.25, 0.3) is 0 Å². The predicted octanol–water partition coefficient (Wildman–Crippen LogP) is 2.18. The lowest BCUT2D eigenvalue weighted by atomic mass is 10.2. The molecule has 0 radical (unpaired) electrons. The summed E-state index contributed by atoms with van der Waals surface area (Å²) in [5.74, 6) is 0.850. The Balaban J connectivity index is 1.58. The number of benzene rings is 1. The van der Waals surface area contributed by atoms with E-state index in [2.05, 4.69) is 69.5 Å². The summed E-state index contributed by atoms with van der Waals surface area (Å²) in [6.45, 7) is 2.19. The molecule has 0 bridgehead atoms. The second-order valence-corrected chi connectivity index (χ2v) is 6.84. The Morgan fingerprint density at radius 1 is 1.17 bits per heavy atom. The van der Waals surface area contributed by atoms with Gasteiger partial charge in [0.05, 0.1) is 19.1 Å². The van der Waals surface area contributed by atoms with Crippen LogP contribution in [0, 0.1) is 0 Å². The Kier molecular flexibility index (Phi) is 5.68. The van der Waals surface area contributed by atoms with Crippen LogP contribution >= 0.6 is 11.3 Å². The van der Waals surface area contributed by atoms with Crippen LogP contribution in [0.2, 0.25) is 0 Å². The van der Waals surface area contributed by atoms with Crippen LogP contribution in [0.15, 0.2) is 47.8 Å². The minimum Gasteiger partial charge on any atom is -0.308 e. The van der Waals surface area contributed by atoms with Crippen molar-refractivity contribution in [3.8, 4) is 0 Å². The van der Waals surface area contributed by atoms with Gasteiger partial charge in [0.15, 0.2) is 5.82 Å². The lowest BCUT2D eigenvalue weighted by molar-refractivity contribution is 0.291. The number of aromatic nitrogens is 4. The Bertz CT molecular complexity index is 723. The molecule has 0 fully saturated rings. The van der Waals surface area contributed by atoms with Crippen LogP contribution < -0.4 is 5.32 Å². The van der Waals surface area contributed by atoms with Gasteiger partial charge < -0.3 is 10.2 Å². The molecule has 0 saturated heterocycles. The maximum absolute atomic E-state index is 4.15.